The van der Waals surface area contributed by atoms with Gasteiger partial charge >= 0.3 is 35.8 Å². The number of methoxy groups -OCH3 is 2. The lowest BCUT2D eigenvalue weighted by molar-refractivity contribution is -0.349. The highest BCUT2D eigenvalue weighted by atomic mass is 16.7. The average molecular weight is 909 g/mol. The third kappa shape index (κ3) is 13.2. The number of ether oxygens (including phenoxy) is 9. The Labute approximate surface area is 374 Å². The van der Waals surface area contributed by atoms with Gasteiger partial charge in [-0.3, -0.25) is 19.2 Å². The van der Waals surface area contributed by atoms with Gasteiger partial charge in [-0.1, -0.05) is 59.3 Å². The molecule has 0 radical (unpaired) electrons. The summed E-state index contributed by atoms with van der Waals surface area (Å²) in [7, 11) is 2.39. The topological polar surface area (TPSA) is 246 Å². The molecule has 0 aromatic rings. The molecule has 0 aliphatic carbocycles. The van der Waals surface area contributed by atoms with Crippen molar-refractivity contribution in [3.05, 3.63) is 35.5 Å². The second-order valence-corrected chi connectivity index (χ2v) is 18.9. The predicted molar refractivity (Wildman–Crippen MR) is 224 cm³/mol. The van der Waals surface area contributed by atoms with Crippen molar-refractivity contribution in [3.63, 3.8) is 0 Å². The second kappa shape index (κ2) is 21.4. The van der Waals surface area contributed by atoms with Crippen LogP contribution in [-0.4, -0.2) is 132 Å². The van der Waals surface area contributed by atoms with Crippen molar-refractivity contribution >= 4 is 35.8 Å². The van der Waals surface area contributed by atoms with Crippen molar-refractivity contribution in [2.45, 2.75) is 187 Å². The first-order chi connectivity index (χ1) is 29.7. The van der Waals surface area contributed by atoms with E-state index in [1.165, 1.54) is 27.0 Å². The van der Waals surface area contributed by atoms with E-state index in [1.807, 2.05) is 13.8 Å². The standard InChI is InChI=1S/C46H68O18/c1-25(2)14-40(52)62-37-23-34-20-31(49)21-41(53)61-36(26(3)58-27(4)47)22-33-18-30(19-39(51)57-11)42(59-28(5)48)46(55,64-33)43(6,7)13-12-32-15-29(17-38(50)56-10)16-35(60-32)24-45(54,63-34)44(37,8)9/h12-13,17,19,25-26,31-37,42,49,54-55H,14-16,18,20-24H2,1-11H3/b13-12-,29-17+,30-19+/t26-,31-,32+,33+,34-,35+,36-,37+,42+,45+,46-/m1/s1. The largest absolute Gasteiger partial charge is 0.466 e. The van der Waals surface area contributed by atoms with Gasteiger partial charge in [-0.25, -0.2) is 9.59 Å². The molecule has 4 heterocycles. The highest BCUT2D eigenvalue weighted by Gasteiger charge is 2.59. The van der Waals surface area contributed by atoms with Crippen LogP contribution in [0.1, 0.15) is 120 Å². The second-order valence-electron chi connectivity index (χ2n) is 18.9. The number of cyclic esters (lactones) is 1. The van der Waals surface area contributed by atoms with Crippen molar-refractivity contribution in [1.29, 1.82) is 0 Å². The smallest absolute Gasteiger partial charge is 0.330 e. The summed E-state index contributed by atoms with van der Waals surface area (Å²) in [6, 6.07) is 0. The van der Waals surface area contributed by atoms with Crippen LogP contribution in [-0.2, 0) is 71.4 Å². The van der Waals surface area contributed by atoms with Gasteiger partial charge in [0.25, 0.3) is 0 Å². The van der Waals surface area contributed by atoms with Crippen LogP contribution in [0.2, 0.25) is 0 Å². The minimum Gasteiger partial charge on any atom is -0.466 e. The van der Waals surface area contributed by atoms with Gasteiger partial charge in [-0.05, 0) is 37.7 Å². The zero-order chi connectivity index (χ0) is 47.9. The molecule has 4 rings (SSSR count). The number of aliphatic hydroxyl groups excluding tert-OH is 1. The van der Waals surface area contributed by atoms with E-state index in [1.54, 1.807) is 39.8 Å². The van der Waals surface area contributed by atoms with Crippen molar-refractivity contribution in [2.75, 3.05) is 14.2 Å². The van der Waals surface area contributed by atoms with Gasteiger partial charge in [0.2, 0.25) is 5.79 Å². The first-order valence-electron chi connectivity index (χ1n) is 21.8. The van der Waals surface area contributed by atoms with Crippen molar-refractivity contribution < 1.29 is 86.7 Å². The molecule has 18 nitrogen and oxygen atoms in total. The molecule has 3 N–H and O–H groups in total. The highest BCUT2D eigenvalue weighted by Crippen LogP contribution is 2.50. The Hall–Kier alpha value is -4.20. The van der Waals surface area contributed by atoms with Crippen molar-refractivity contribution in [2.24, 2.45) is 16.7 Å². The molecule has 4 aliphatic heterocycles. The SMILES string of the molecule is COC(=O)/C=C1/C[C@H]2C[C@]3(O)O[C@H](C[C@@H](O)CC(=O)O[C@@H]([C@@H](C)OC(C)=O)C[C@@H]4C/C(=C\C(=O)OC)[C@H](OC(C)=O)[C@@](O)(O4)C(C)(C)/C=C\[C@@H](C1)O2)C[C@H](OC(=O)CC(C)C)C3(C)C. The Kier molecular flexibility index (Phi) is 17.5. The first kappa shape index (κ1) is 52.4. The van der Waals surface area contributed by atoms with E-state index in [0.717, 1.165) is 20.1 Å². The number of carbonyl (C=O) groups is 6. The minimum atomic E-state index is -2.45. The lowest BCUT2D eigenvalue weighted by Gasteiger charge is -2.54. The molecule has 6 bridgehead atoms. The van der Waals surface area contributed by atoms with Crippen LogP contribution < -0.4 is 0 Å². The fraction of sp³-hybridized carbons (Fsp3) is 0.739. The van der Waals surface area contributed by atoms with E-state index >= 15 is 0 Å². The van der Waals surface area contributed by atoms with Crippen LogP contribution in [0.5, 0.6) is 0 Å². The molecule has 0 spiro atoms. The zero-order valence-corrected chi connectivity index (χ0v) is 38.9. The molecule has 64 heavy (non-hydrogen) atoms. The molecule has 3 fully saturated rings. The lowest BCUT2D eigenvalue weighted by Crippen LogP contribution is -2.62. The Morgan fingerprint density at radius 3 is 2.09 bits per heavy atom. The summed E-state index contributed by atoms with van der Waals surface area (Å²) in [6.45, 7) is 14.1. The molecule has 3 saturated heterocycles. The number of aliphatic hydroxyl groups is 3. The Bertz CT molecular complexity index is 1810. The van der Waals surface area contributed by atoms with Crippen LogP contribution in [0.3, 0.4) is 0 Å². The lowest BCUT2D eigenvalue weighted by atomic mass is 9.70. The van der Waals surface area contributed by atoms with E-state index < -0.39 is 120 Å². The molecular formula is C46H68O18. The molecule has 0 unspecified atom stereocenters. The average Bonchev–Trinajstić information content (AvgIpc) is 3.15. The Morgan fingerprint density at radius 1 is 0.828 bits per heavy atom. The maximum absolute atomic E-state index is 13.7. The van der Waals surface area contributed by atoms with Gasteiger partial charge < -0.3 is 58.0 Å². The summed E-state index contributed by atoms with van der Waals surface area (Å²) >= 11 is 0. The summed E-state index contributed by atoms with van der Waals surface area (Å²) < 4.78 is 52.4. The molecule has 0 saturated carbocycles. The fourth-order valence-corrected chi connectivity index (χ4v) is 8.78. The quantitative estimate of drug-likeness (QED) is 0.135. The maximum atomic E-state index is 13.7. The molecule has 0 aromatic heterocycles. The van der Waals surface area contributed by atoms with Gasteiger partial charge in [0.1, 0.15) is 18.3 Å². The number of fused-ring (bicyclic) bond motifs is 6. The molecule has 360 valence electrons. The van der Waals surface area contributed by atoms with E-state index in [9.17, 15) is 44.1 Å². The van der Waals surface area contributed by atoms with E-state index in [0.29, 0.717) is 5.57 Å². The van der Waals surface area contributed by atoms with Crippen LogP contribution in [0, 0.1) is 16.7 Å². The summed E-state index contributed by atoms with van der Waals surface area (Å²) in [5.74, 6) is -8.86. The van der Waals surface area contributed by atoms with Crippen LogP contribution in [0.25, 0.3) is 0 Å². The van der Waals surface area contributed by atoms with Crippen LogP contribution in [0.4, 0.5) is 0 Å². The van der Waals surface area contributed by atoms with E-state index in [2.05, 4.69) is 0 Å². The molecule has 0 amide bonds. The minimum absolute atomic E-state index is 0.0194. The van der Waals surface area contributed by atoms with Crippen LogP contribution >= 0.6 is 0 Å². The summed E-state index contributed by atoms with van der Waals surface area (Å²) in [6.07, 6.45) is -5.09. The molecular weight excluding hydrogens is 840 g/mol. The molecule has 4 aliphatic rings. The third-order valence-corrected chi connectivity index (χ3v) is 12.4. The number of hydrogen-bond acceptors (Lipinski definition) is 18. The van der Waals surface area contributed by atoms with Crippen LogP contribution in [0.15, 0.2) is 35.5 Å². The summed E-state index contributed by atoms with van der Waals surface area (Å²) in [5.41, 5.74) is -2.06. The Balaban J connectivity index is 1.90. The Morgan fingerprint density at radius 2 is 1.48 bits per heavy atom. The number of esters is 6. The van der Waals surface area contributed by atoms with Gasteiger partial charge in [0, 0.05) is 63.5 Å². The predicted octanol–water partition coefficient (Wildman–Crippen LogP) is 3.98. The molecule has 18 heteroatoms. The van der Waals surface area contributed by atoms with Gasteiger partial charge in [0.05, 0.1) is 56.6 Å². The molecule has 11 atom stereocenters. The van der Waals surface area contributed by atoms with Crippen molar-refractivity contribution in [1.82, 2.24) is 0 Å². The maximum Gasteiger partial charge on any atom is 0.330 e. The first-order valence-corrected chi connectivity index (χ1v) is 21.8. The fourth-order valence-electron chi connectivity index (χ4n) is 8.78. The normalized spacial score (nSPS) is 35.5. The number of carbonyl (C=O) groups excluding carboxylic acids is 6. The summed E-state index contributed by atoms with van der Waals surface area (Å²) in [5, 5.41) is 36.8. The third-order valence-electron chi connectivity index (χ3n) is 12.4. The van der Waals surface area contributed by atoms with Gasteiger partial charge in [-0.2, -0.15) is 0 Å². The van der Waals surface area contributed by atoms with Crippen molar-refractivity contribution in [3.8, 4) is 0 Å². The van der Waals surface area contributed by atoms with E-state index in [-0.39, 0.29) is 62.9 Å². The van der Waals surface area contributed by atoms with E-state index in [4.69, 9.17) is 42.6 Å². The molecule has 0 aromatic carbocycles. The monoisotopic (exact) mass is 908 g/mol. The summed E-state index contributed by atoms with van der Waals surface area (Å²) in [4.78, 5) is 77.0. The number of rotatable bonds is 8. The van der Waals surface area contributed by atoms with Gasteiger partial charge in [-0.15, -0.1) is 0 Å². The highest BCUT2D eigenvalue weighted by molar-refractivity contribution is 5.83. The zero-order valence-electron chi connectivity index (χ0n) is 38.9. The van der Waals surface area contributed by atoms with Gasteiger partial charge in [0.15, 0.2) is 11.9 Å². The number of hydrogen-bond donors (Lipinski definition) is 3.